The average molecular weight is 312 g/mol. The van der Waals surface area contributed by atoms with Crippen LogP contribution in [0.25, 0.3) is 0 Å². The fraction of sp³-hybridized carbons (Fsp3) is 0.467. The average Bonchev–Trinajstić information content (AvgIpc) is 2.46. The third kappa shape index (κ3) is 5.73. The second-order valence-corrected chi connectivity index (χ2v) is 5.45. The molecule has 1 aromatic carbocycles. The Hall–Kier alpha value is -1.59. The highest BCUT2D eigenvalue weighted by atomic mass is 35.5. The standard InChI is InChI=1S/C15H22ClN3O2/c1-10(7-8-17)3-6-14(20)19-11-4-5-13(16)12(9-11)15(21)18-2/h4-5,9-10H,3,6-8,17H2,1-2H3,(H,18,21)(H,19,20). The van der Waals surface area contributed by atoms with Gasteiger partial charge in [-0.05, 0) is 43.5 Å². The zero-order valence-electron chi connectivity index (χ0n) is 12.4. The molecular weight excluding hydrogens is 290 g/mol. The van der Waals surface area contributed by atoms with Gasteiger partial charge in [-0.1, -0.05) is 18.5 Å². The number of hydrogen-bond donors (Lipinski definition) is 3. The van der Waals surface area contributed by atoms with E-state index < -0.39 is 0 Å². The smallest absolute Gasteiger partial charge is 0.252 e. The maximum absolute atomic E-state index is 11.9. The molecule has 2 amide bonds. The monoisotopic (exact) mass is 311 g/mol. The summed E-state index contributed by atoms with van der Waals surface area (Å²) in [5, 5.41) is 5.64. The number of nitrogens with one attached hydrogen (secondary N) is 2. The third-order valence-electron chi connectivity index (χ3n) is 3.25. The number of halogens is 1. The van der Waals surface area contributed by atoms with E-state index in [9.17, 15) is 9.59 Å². The molecule has 0 radical (unpaired) electrons. The van der Waals surface area contributed by atoms with E-state index in [-0.39, 0.29) is 11.8 Å². The lowest BCUT2D eigenvalue weighted by atomic mass is 10.0. The highest BCUT2D eigenvalue weighted by Gasteiger charge is 2.11. The molecule has 0 spiro atoms. The van der Waals surface area contributed by atoms with Gasteiger partial charge in [0.15, 0.2) is 0 Å². The number of nitrogens with two attached hydrogens (primary N) is 1. The molecule has 0 saturated heterocycles. The van der Waals surface area contributed by atoms with Crippen LogP contribution >= 0.6 is 11.6 Å². The number of benzene rings is 1. The van der Waals surface area contributed by atoms with Crippen molar-refractivity contribution in [2.45, 2.75) is 26.2 Å². The molecule has 0 fully saturated rings. The van der Waals surface area contributed by atoms with Gasteiger partial charge in [0.25, 0.3) is 5.91 Å². The van der Waals surface area contributed by atoms with Gasteiger partial charge in [-0.15, -0.1) is 0 Å². The van der Waals surface area contributed by atoms with Gasteiger partial charge in [-0.3, -0.25) is 9.59 Å². The number of rotatable bonds is 7. The Morgan fingerprint density at radius 1 is 1.33 bits per heavy atom. The normalized spacial score (nSPS) is 11.8. The Morgan fingerprint density at radius 2 is 2.05 bits per heavy atom. The van der Waals surface area contributed by atoms with Crippen LogP contribution < -0.4 is 16.4 Å². The summed E-state index contributed by atoms with van der Waals surface area (Å²) in [7, 11) is 1.53. The fourth-order valence-electron chi connectivity index (χ4n) is 1.94. The molecule has 1 atom stereocenters. The Balaban J connectivity index is 2.62. The predicted molar refractivity (Wildman–Crippen MR) is 85.5 cm³/mol. The summed E-state index contributed by atoms with van der Waals surface area (Å²) < 4.78 is 0. The summed E-state index contributed by atoms with van der Waals surface area (Å²) in [4.78, 5) is 23.5. The second kappa shape index (κ2) is 8.64. The minimum Gasteiger partial charge on any atom is -0.355 e. The molecule has 0 aliphatic heterocycles. The molecule has 21 heavy (non-hydrogen) atoms. The van der Waals surface area contributed by atoms with Crippen LogP contribution in [0.5, 0.6) is 0 Å². The lowest BCUT2D eigenvalue weighted by Gasteiger charge is -2.11. The topological polar surface area (TPSA) is 84.2 Å². The zero-order chi connectivity index (χ0) is 15.8. The van der Waals surface area contributed by atoms with Crippen LogP contribution in [0.2, 0.25) is 5.02 Å². The van der Waals surface area contributed by atoms with Gasteiger partial charge in [0.2, 0.25) is 5.91 Å². The van der Waals surface area contributed by atoms with Gasteiger partial charge >= 0.3 is 0 Å². The molecule has 5 nitrogen and oxygen atoms in total. The van der Waals surface area contributed by atoms with E-state index in [1.807, 2.05) is 0 Å². The summed E-state index contributed by atoms with van der Waals surface area (Å²) in [6.07, 6.45) is 2.13. The first kappa shape index (κ1) is 17.5. The predicted octanol–water partition coefficient (Wildman–Crippen LogP) is 2.40. The van der Waals surface area contributed by atoms with E-state index in [0.717, 1.165) is 12.8 Å². The van der Waals surface area contributed by atoms with Crippen molar-refractivity contribution in [2.24, 2.45) is 11.7 Å². The lowest BCUT2D eigenvalue weighted by molar-refractivity contribution is -0.116. The summed E-state index contributed by atoms with van der Waals surface area (Å²) in [6.45, 7) is 2.71. The lowest BCUT2D eigenvalue weighted by Crippen LogP contribution is -2.19. The summed E-state index contributed by atoms with van der Waals surface area (Å²) in [5.41, 5.74) is 6.39. The van der Waals surface area contributed by atoms with Crippen LogP contribution in [0.1, 0.15) is 36.5 Å². The second-order valence-electron chi connectivity index (χ2n) is 5.04. The molecule has 1 aromatic rings. The van der Waals surface area contributed by atoms with E-state index in [1.54, 1.807) is 18.2 Å². The van der Waals surface area contributed by atoms with Crippen LogP contribution in [0.15, 0.2) is 18.2 Å². The van der Waals surface area contributed by atoms with Crippen LogP contribution in [0.3, 0.4) is 0 Å². The molecular formula is C15H22ClN3O2. The number of carbonyl (C=O) groups is 2. The van der Waals surface area contributed by atoms with Gasteiger partial charge in [0, 0.05) is 19.2 Å². The molecule has 0 aromatic heterocycles. The van der Waals surface area contributed by atoms with Gasteiger partial charge in [-0.2, -0.15) is 0 Å². The first-order valence-corrected chi connectivity index (χ1v) is 7.37. The third-order valence-corrected chi connectivity index (χ3v) is 3.58. The molecule has 0 aliphatic rings. The van der Waals surface area contributed by atoms with Crippen molar-refractivity contribution in [3.63, 3.8) is 0 Å². The zero-order valence-corrected chi connectivity index (χ0v) is 13.2. The molecule has 4 N–H and O–H groups in total. The molecule has 0 aliphatic carbocycles. The largest absolute Gasteiger partial charge is 0.355 e. The first-order valence-electron chi connectivity index (χ1n) is 6.99. The molecule has 0 heterocycles. The number of carbonyl (C=O) groups excluding carboxylic acids is 2. The van der Waals surface area contributed by atoms with Gasteiger partial charge in [0.05, 0.1) is 10.6 Å². The van der Waals surface area contributed by atoms with Crippen molar-refractivity contribution in [2.75, 3.05) is 18.9 Å². The van der Waals surface area contributed by atoms with Crippen molar-refractivity contribution < 1.29 is 9.59 Å². The highest BCUT2D eigenvalue weighted by Crippen LogP contribution is 2.21. The molecule has 0 bridgehead atoms. The maximum Gasteiger partial charge on any atom is 0.252 e. The van der Waals surface area contributed by atoms with E-state index >= 15 is 0 Å². The summed E-state index contributed by atoms with van der Waals surface area (Å²) in [5.74, 6) is 0.0594. The molecule has 1 unspecified atom stereocenters. The minimum absolute atomic E-state index is 0.0796. The van der Waals surface area contributed by atoms with Crippen LogP contribution in [0, 0.1) is 5.92 Å². The van der Waals surface area contributed by atoms with Crippen molar-refractivity contribution in [1.82, 2.24) is 5.32 Å². The number of hydrogen-bond acceptors (Lipinski definition) is 3. The highest BCUT2D eigenvalue weighted by molar-refractivity contribution is 6.34. The van der Waals surface area contributed by atoms with Crippen molar-refractivity contribution in [1.29, 1.82) is 0 Å². The van der Waals surface area contributed by atoms with E-state index in [2.05, 4.69) is 17.6 Å². The quantitative estimate of drug-likeness (QED) is 0.723. The van der Waals surface area contributed by atoms with E-state index in [0.29, 0.717) is 35.2 Å². The van der Waals surface area contributed by atoms with Crippen molar-refractivity contribution >= 4 is 29.1 Å². The Kier molecular flexibility index (Phi) is 7.19. The van der Waals surface area contributed by atoms with Gasteiger partial charge in [-0.25, -0.2) is 0 Å². The van der Waals surface area contributed by atoms with Gasteiger partial charge in [0.1, 0.15) is 0 Å². The molecule has 0 saturated carbocycles. The molecule has 1 rings (SSSR count). The van der Waals surface area contributed by atoms with Crippen molar-refractivity contribution in [3.05, 3.63) is 28.8 Å². The van der Waals surface area contributed by atoms with Crippen molar-refractivity contribution in [3.8, 4) is 0 Å². The summed E-state index contributed by atoms with van der Waals surface area (Å²) >= 11 is 5.96. The maximum atomic E-state index is 11.9. The van der Waals surface area contributed by atoms with Crippen LogP contribution in [-0.4, -0.2) is 25.4 Å². The Morgan fingerprint density at radius 3 is 2.67 bits per heavy atom. The van der Waals surface area contributed by atoms with Gasteiger partial charge < -0.3 is 16.4 Å². The van der Waals surface area contributed by atoms with E-state index in [4.69, 9.17) is 17.3 Å². The van der Waals surface area contributed by atoms with Crippen LogP contribution in [0.4, 0.5) is 5.69 Å². The fourth-order valence-corrected chi connectivity index (χ4v) is 2.14. The number of amides is 2. The van der Waals surface area contributed by atoms with Crippen LogP contribution in [-0.2, 0) is 4.79 Å². The van der Waals surface area contributed by atoms with E-state index in [1.165, 1.54) is 7.05 Å². The first-order chi connectivity index (χ1) is 9.97. The number of anilines is 1. The minimum atomic E-state index is -0.285. The molecule has 6 heteroatoms. The Labute approximate surface area is 130 Å². The Bertz CT molecular complexity index is 506. The summed E-state index contributed by atoms with van der Waals surface area (Å²) in [6, 6.07) is 4.84. The molecule has 116 valence electrons. The SMILES string of the molecule is CNC(=O)c1cc(NC(=O)CCC(C)CCN)ccc1Cl.